The van der Waals surface area contributed by atoms with Gasteiger partial charge in [0.1, 0.15) is 11.4 Å². The number of nitrogens with one attached hydrogen (secondary N) is 2. The van der Waals surface area contributed by atoms with E-state index in [4.69, 9.17) is 10.3 Å². The Kier molecular flexibility index (Phi) is 19.8. The Labute approximate surface area is 376 Å². The molecule has 6 N–H and O–H groups in total. The van der Waals surface area contributed by atoms with E-state index in [2.05, 4.69) is 31.1 Å². The van der Waals surface area contributed by atoms with Crippen molar-refractivity contribution in [2.75, 3.05) is 10.6 Å². The summed E-state index contributed by atoms with van der Waals surface area (Å²) in [5.74, 6) is -6.53. The normalized spacial score (nSPS) is 12.1. The molecule has 0 atom stereocenters. The second-order valence-electron chi connectivity index (χ2n) is 11.8. The predicted molar refractivity (Wildman–Crippen MR) is 198 cm³/mol. The van der Waals surface area contributed by atoms with E-state index in [9.17, 15) is 56.4 Å². The molecule has 0 aliphatic carbocycles. The number of primary sulfonamides is 2. The Balaban J connectivity index is 0.000000581. The number of nitrogens with two attached hydrogens (primary N) is 2. The van der Waals surface area contributed by atoms with E-state index in [1.807, 2.05) is 0 Å². The van der Waals surface area contributed by atoms with Crippen LogP contribution in [0.25, 0.3) is 0 Å². The quantitative estimate of drug-likeness (QED) is 0.0445. The molecule has 0 spiro atoms. The Morgan fingerprint density at radius 1 is 0.567 bits per heavy atom. The number of rotatable bonds is 14. The maximum Gasteiger partial charge on any atom is 3.00 e. The predicted octanol–water partition coefficient (Wildman–Crippen LogP) is -2.36. The molecule has 0 unspecified atom stereocenters. The molecule has 4 aromatic carbocycles. The molecular formula is C36H32CrN8NaO12S2. The Hall–Kier alpha value is -5.61. The second-order valence-corrected chi connectivity index (χ2v) is 14.9. The van der Waals surface area contributed by atoms with Gasteiger partial charge in [0.25, 0.3) is 0 Å². The van der Waals surface area contributed by atoms with Gasteiger partial charge in [0, 0.05) is 36.3 Å². The van der Waals surface area contributed by atoms with Crippen molar-refractivity contribution < 1.29 is 103 Å². The molecule has 4 rings (SSSR count). The molecule has 60 heavy (non-hydrogen) atoms. The fourth-order valence-electron chi connectivity index (χ4n) is 4.44. The third-order valence-corrected chi connectivity index (χ3v) is 9.26. The number of anilines is 2. The monoisotopic (exact) mass is 907 g/mol. The Morgan fingerprint density at radius 3 is 1.15 bits per heavy atom. The van der Waals surface area contributed by atoms with Gasteiger partial charge in [0.05, 0.1) is 33.1 Å². The number of aryl methyl sites for hydroxylation is 2. The Bertz CT molecular complexity index is 2470. The third-order valence-electron chi connectivity index (χ3n) is 7.43. The molecule has 307 valence electrons. The van der Waals surface area contributed by atoms with Gasteiger partial charge in [0.2, 0.25) is 20.0 Å². The molecule has 0 aliphatic heterocycles. The average molecular weight is 908 g/mol. The smallest absolute Gasteiger partial charge is 0.859 e. The van der Waals surface area contributed by atoms with Gasteiger partial charge < -0.3 is 40.6 Å². The number of benzene rings is 4. The number of allylic oxidation sites excluding steroid dienone is 2. The van der Waals surface area contributed by atoms with Crippen LogP contribution in [0.5, 0.6) is 0 Å². The number of azo groups is 2. The van der Waals surface area contributed by atoms with E-state index < -0.39 is 99.0 Å². The molecule has 4 aromatic rings. The second kappa shape index (κ2) is 22.7. The molecule has 0 aromatic heterocycles. The fraction of sp³-hybridized carbons (Fsp3) is 0.111. The van der Waals surface area contributed by atoms with Crippen LogP contribution < -0.4 is 70.9 Å². The summed E-state index contributed by atoms with van der Waals surface area (Å²) in [5.41, 5.74) is -0.750. The van der Waals surface area contributed by atoms with Crippen LogP contribution in [-0.4, -0.2) is 40.3 Å². The molecule has 0 amide bonds. The number of nitrogens with zero attached hydrogens (tertiary/aromatic N) is 4. The first-order chi connectivity index (χ1) is 27.0. The summed E-state index contributed by atoms with van der Waals surface area (Å²) < 4.78 is 45.9. The number of hydrogen-bond donors (Lipinski definition) is 4. The summed E-state index contributed by atoms with van der Waals surface area (Å²) in [7, 11) is -8.30. The maximum atomic E-state index is 12.4. The number of carbonyl (C=O) groups is 4. The molecule has 0 saturated heterocycles. The standard InChI is InChI=1S/2C18H18N4O6S.Cr.Na/c2*1-10-5-3-4-6-14(10)20-17(24)16(11(2)23)22-21-15-9-12(29(19,27)28)7-8-13(15)18(25)26;;/h2*3-9,20,24H,1-2H3,(H,25,26)(H2,19,27,28);;/q;;+3;+1/p-4/b2*17-16-,22-21?;;. The fourth-order valence-corrected chi connectivity index (χ4v) is 5.50. The van der Waals surface area contributed by atoms with E-state index in [0.717, 1.165) is 61.4 Å². The summed E-state index contributed by atoms with van der Waals surface area (Å²) in [6, 6.07) is 19.1. The minimum Gasteiger partial charge on any atom is -0.859 e. The van der Waals surface area contributed by atoms with Crippen LogP contribution in [0.15, 0.2) is 138 Å². The molecule has 0 bridgehead atoms. The molecule has 0 aliphatic rings. The van der Waals surface area contributed by atoms with E-state index in [1.54, 1.807) is 62.4 Å². The zero-order valence-electron chi connectivity index (χ0n) is 32.2. The van der Waals surface area contributed by atoms with Crippen molar-refractivity contribution in [2.24, 2.45) is 30.7 Å². The molecule has 0 fully saturated rings. The van der Waals surface area contributed by atoms with Crippen LogP contribution in [0, 0.1) is 13.8 Å². The van der Waals surface area contributed by atoms with E-state index >= 15 is 0 Å². The largest absolute Gasteiger partial charge is 3.00 e. The van der Waals surface area contributed by atoms with Crippen molar-refractivity contribution in [3.63, 3.8) is 0 Å². The Morgan fingerprint density at radius 2 is 0.883 bits per heavy atom. The first-order valence-electron chi connectivity index (χ1n) is 16.1. The van der Waals surface area contributed by atoms with Gasteiger partial charge in [-0.05, 0) is 85.3 Å². The average Bonchev–Trinajstić information content (AvgIpc) is 3.12. The zero-order chi connectivity index (χ0) is 43.5. The number of aromatic carboxylic acids is 2. The van der Waals surface area contributed by atoms with Crippen LogP contribution in [0.1, 0.15) is 45.7 Å². The summed E-state index contributed by atoms with van der Waals surface area (Å²) in [6.07, 6.45) is 0. The van der Waals surface area contributed by atoms with Crippen molar-refractivity contribution in [2.45, 2.75) is 37.5 Å². The topological polar surface area (TPSA) is 354 Å². The van der Waals surface area contributed by atoms with E-state index in [-0.39, 0.29) is 46.9 Å². The molecule has 0 saturated carbocycles. The number of Topliss-reactive ketones (excluding diaryl/α,β-unsaturated/α-hetero) is 2. The van der Waals surface area contributed by atoms with Gasteiger partial charge in [-0.1, -0.05) is 36.4 Å². The first kappa shape index (κ1) is 52.4. The van der Waals surface area contributed by atoms with Gasteiger partial charge >= 0.3 is 46.9 Å². The van der Waals surface area contributed by atoms with Crippen molar-refractivity contribution in [1.82, 2.24) is 0 Å². The van der Waals surface area contributed by atoms with Crippen LogP contribution in [-0.2, 0) is 47.0 Å². The molecular weight excluding hydrogens is 876 g/mol. The number of hydrogen-bond acceptors (Lipinski definition) is 18. The van der Waals surface area contributed by atoms with Crippen LogP contribution in [0.4, 0.5) is 22.7 Å². The third kappa shape index (κ3) is 14.9. The first-order valence-corrected chi connectivity index (χ1v) is 19.2. The SMILES string of the molecule is CC(=O)/C(N=Nc1cc(S(N)(=O)=O)ccc1C(=O)[O-])=C(/[O-])Nc1ccccc1C.CC(=O)/C(N=Nc1cc(S(N)(=O)=O)ccc1C(=O)[O-])=C(/[O-])Nc1ccccc1C.[Cr+3].[Na+]. The van der Waals surface area contributed by atoms with Crippen molar-refractivity contribution in [3.05, 3.63) is 130 Å². The van der Waals surface area contributed by atoms with Crippen LogP contribution in [0.3, 0.4) is 0 Å². The zero-order valence-corrected chi connectivity index (χ0v) is 37.1. The molecule has 1 radical (unpaired) electrons. The number of carboxylic acid groups (broad SMARTS) is 2. The number of ketones is 2. The van der Waals surface area contributed by atoms with Gasteiger partial charge in [-0.3, -0.25) is 9.59 Å². The van der Waals surface area contributed by atoms with Crippen molar-refractivity contribution in [3.8, 4) is 0 Å². The van der Waals surface area contributed by atoms with Gasteiger partial charge in [-0.25, -0.2) is 27.1 Å². The van der Waals surface area contributed by atoms with Gasteiger partial charge in [0.15, 0.2) is 11.6 Å². The number of carboxylic acids is 2. The van der Waals surface area contributed by atoms with Crippen molar-refractivity contribution in [1.29, 1.82) is 0 Å². The van der Waals surface area contributed by atoms with Gasteiger partial charge in [-0.15, -0.1) is 20.5 Å². The minimum atomic E-state index is -4.15. The van der Waals surface area contributed by atoms with E-state index in [1.165, 1.54) is 0 Å². The summed E-state index contributed by atoms with van der Waals surface area (Å²) in [5, 5.41) is 76.5. The number of para-hydroxylation sites is 2. The number of sulfonamides is 2. The molecule has 24 heteroatoms. The molecule has 0 heterocycles. The molecule has 20 nitrogen and oxygen atoms in total. The summed E-state index contributed by atoms with van der Waals surface area (Å²) in [6.45, 7) is 5.64. The van der Waals surface area contributed by atoms with Crippen LogP contribution in [0.2, 0.25) is 0 Å². The minimum absolute atomic E-state index is 0. The summed E-state index contributed by atoms with van der Waals surface area (Å²) >= 11 is 0. The van der Waals surface area contributed by atoms with Crippen LogP contribution >= 0.6 is 0 Å². The van der Waals surface area contributed by atoms with Gasteiger partial charge in [-0.2, -0.15) is 0 Å². The number of carbonyl (C=O) groups excluding carboxylic acids is 4. The van der Waals surface area contributed by atoms with Crippen molar-refractivity contribution >= 4 is 66.3 Å². The van der Waals surface area contributed by atoms with E-state index in [0.29, 0.717) is 11.4 Å². The summed E-state index contributed by atoms with van der Waals surface area (Å²) in [4.78, 5) is 45.3. The maximum absolute atomic E-state index is 12.4.